The number of rotatable bonds is 3. The Labute approximate surface area is 151 Å². The standard InChI is InChI=1S/C22H32O3/c1-14-19(23)9-18-10-20(14)24-25-21(18,2)4-3-5-22-11-15-6-16(12-22)8-17(7-15)13-22/h3-4,14-18,20H,5-13H2,1-2H3/b4-3-/t14-,15?,16?,17?,18-,20+,21-,22?/m0/s1. The average molecular weight is 344 g/mol. The van der Waals surface area contributed by atoms with Gasteiger partial charge in [0.15, 0.2) is 0 Å². The van der Waals surface area contributed by atoms with Crippen LogP contribution in [0.4, 0.5) is 0 Å². The van der Waals surface area contributed by atoms with Crippen LogP contribution in [0.15, 0.2) is 12.2 Å². The molecule has 1 aliphatic heterocycles. The van der Waals surface area contributed by atoms with Crippen molar-refractivity contribution in [2.75, 3.05) is 0 Å². The lowest BCUT2D eigenvalue weighted by Crippen LogP contribution is -2.52. The summed E-state index contributed by atoms with van der Waals surface area (Å²) in [6.45, 7) is 4.07. The molecule has 0 spiro atoms. The van der Waals surface area contributed by atoms with Gasteiger partial charge in [-0.3, -0.25) is 4.79 Å². The highest BCUT2D eigenvalue weighted by molar-refractivity contribution is 5.82. The van der Waals surface area contributed by atoms with E-state index in [9.17, 15) is 4.79 Å². The van der Waals surface area contributed by atoms with Gasteiger partial charge in [-0.2, -0.15) is 0 Å². The molecule has 4 atom stereocenters. The lowest BCUT2D eigenvalue weighted by molar-refractivity contribution is -0.415. The summed E-state index contributed by atoms with van der Waals surface area (Å²) in [5.74, 6) is 3.60. The highest BCUT2D eigenvalue weighted by Gasteiger charge is 2.51. The van der Waals surface area contributed by atoms with Gasteiger partial charge in [-0.15, -0.1) is 0 Å². The molecular weight excluding hydrogens is 312 g/mol. The van der Waals surface area contributed by atoms with E-state index in [4.69, 9.17) is 9.78 Å². The minimum absolute atomic E-state index is 0.0168. The monoisotopic (exact) mass is 344 g/mol. The second-order valence-electron chi connectivity index (χ2n) is 10.3. The van der Waals surface area contributed by atoms with Gasteiger partial charge in [0.25, 0.3) is 0 Å². The zero-order valence-corrected chi connectivity index (χ0v) is 15.7. The molecule has 1 heterocycles. The van der Waals surface area contributed by atoms with Gasteiger partial charge in [0.2, 0.25) is 0 Å². The molecule has 0 amide bonds. The Morgan fingerprint density at radius 2 is 1.72 bits per heavy atom. The third kappa shape index (κ3) is 2.73. The van der Waals surface area contributed by atoms with Gasteiger partial charge in [-0.05, 0) is 81.5 Å². The second-order valence-corrected chi connectivity index (χ2v) is 10.3. The number of carbonyl (C=O) groups excluding carboxylic acids is 1. The molecule has 6 rings (SSSR count). The van der Waals surface area contributed by atoms with E-state index in [2.05, 4.69) is 19.1 Å². The molecule has 138 valence electrons. The normalized spacial score (nSPS) is 54.4. The summed E-state index contributed by atoms with van der Waals surface area (Å²) in [6.07, 6.45) is 16.2. The summed E-state index contributed by atoms with van der Waals surface area (Å²) in [5, 5.41) is 0. The predicted molar refractivity (Wildman–Crippen MR) is 95.6 cm³/mol. The molecular formula is C22H32O3. The molecule has 3 nitrogen and oxygen atoms in total. The molecule has 3 heteroatoms. The molecule has 6 bridgehead atoms. The van der Waals surface area contributed by atoms with Crippen molar-refractivity contribution >= 4 is 5.78 Å². The van der Waals surface area contributed by atoms with Crippen molar-refractivity contribution in [1.82, 2.24) is 0 Å². The van der Waals surface area contributed by atoms with Crippen LogP contribution in [0.1, 0.15) is 71.6 Å². The highest BCUT2D eigenvalue weighted by atomic mass is 17.2. The predicted octanol–water partition coefficient (Wildman–Crippen LogP) is 4.85. The van der Waals surface area contributed by atoms with Gasteiger partial charge in [-0.25, -0.2) is 9.78 Å². The molecule has 1 saturated heterocycles. The van der Waals surface area contributed by atoms with Crippen molar-refractivity contribution < 1.29 is 14.6 Å². The van der Waals surface area contributed by atoms with E-state index in [0.717, 1.165) is 24.2 Å². The minimum atomic E-state index is -0.436. The maximum atomic E-state index is 12.2. The molecule has 6 aliphatic rings. The number of carbonyl (C=O) groups is 1. The third-order valence-electron chi connectivity index (χ3n) is 8.36. The lowest BCUT2D eigenvalue weighted by atomic mass is 9.49. The zero-order chi connectivity index (χ0) is 17.2. The molecule has 0 radical (unpaired) electrons. The van der Waals surface area contributed by atoms with Crippen molar-refractivity contribution in [2.45, 2.75) is 83.3 Å². The van der Waals surface area contributed by atoms with E-state index in [-0.39, 0.29) is 17.9 Å². The van der Waals surface area contributed by atoms with E-state index in [1.807, 2.05) is 6.92 Å². The largest absolute Gasteiger partial charge is 0.299 e. The van der Waals surface area contributed by atoms with Crippen LogP contribution in [0.3, 0.4) is 0 Å². The van der Waals surface area contributed by atoms with Crippen molar-refractivity contribution in [2.24, 2.45) is 35.0 Å². The molecule has 5 aliphatic carbocycles. The first-order chi connectivity index (χ1) is 11.9. The van der Waals surface area contributed by atoms with E-state index < -0.39 is 5.60 Å². The van der Waals surface area contributed by atoms with Gasteiger partial charge in [0.05, 0.1) is 0 Å². The van der Waals surface area contributed by atoms with Crippen molar-refractivity contribution in [3.8, 4) is 0 Å². The summed E-state index contributed by atoms with van der Waals surface area (Å²) >= 11 is 0. The van der Waals surface area contributed by atoms with Gasteiger partial charge >= 0.3 is 0 Å². The number of allylic oxidation sites excluding steroid dienone is 1. The summed E-state index contributed by atoms with van der Waals surface area (Å²) in [7, 11) is 0. The first-order valence-electron chi connectivity index (χ1n) is 10.5. The maximum Gasteiger partial charge on any atom is 0.138 e. The van der Waals surface area contributed by atoms with Crippen LogP contribution in [0.25, 0.3) is 0 Å². The fraction of sp³-hybridized carbons (Fsp3) is 0.864. The van der Waals surface area contributed by atoms with Crippen LogP contribution in [-0.2, 0) is 14.6 Å². The van der Waals surface area contributed by atoms with E-state index >= 15 is 0 Å². The molecule has 0 unspecified atom stereocenters. The van der Waals surface area contributed by atoms with Crippen LogP contribution >= 0.6 is 0 Å². The van der Waals surface area contributed by atoms with E-state index in [1.54, 1.807) is 0 Å². The SMILES string of the molecule is C[C@H]1C(=O)C[C@H]2C[C@H]1OO[C@@]2(C)/C=C\CC12CC3CC(CC(C3)C1)C2. The molecule has 0 aromatic carbocycles. The zero-order valence-electron chi connectivity index (χ0n) is 15.7. The Morgan fingerprint density at radius 3 is 2.36 bits per heavy atom. The van der Waals surface area contributed by atoms with Crippen LogP contribution in [0, 0.1) is 35.0 Å². The van der Waals surface area contributed by atoms with Crippen LogP contribution in [-0.4, -0.2) is 17.5 Å². The number of Topliss-reactive ketones (excluding diaryl/α,β-unsaturated/α-hetero) is 1. The first-order valence-corrected chi connectivity index (χ1v) is 10.5. The fourth-order valence-electron chi connectivity index (χ4n) is 7.24. The third-order valence-corrected chi connectivity index (χ3v) is 8.36. The summed E-state index contributed by atoms with van der Waals surface area (Å²) in [6, 6.07) is 0. The fourth-order valence-corrected chi connectivity index (χ4v) is 7.24. The molecule has 5 saturated carbocycles. The average Bonchev–Trinajstić information content (AvgIpc) is 2.54. The number of hydrogen-bond donors (Lipinski definition) is 0. The Hall–Kier alpha value is -0.670. The van der Waals surface area contributed by atoms with E-state index in [1.165, 1.54) is 44.9 Å². The minimum Gasteiger partial charge on any atom is -0.299 e. The quantitative estimate of drug-likeness (QED) is 0.542. The van der Waals surface area contributed by atoms with Crippen LogP contribution < -0.4 is 0 Å². The molecule has 0 N–H and O–H groups in total. The molecule has 25 heavy (non-hydrogen) atoms. The maximum absolute atomic E-state index is 12.2. The van der Waals surface area contributed by atoms with Crippen molar-refractivity contribution in [3.63, 3.8) is 0 Å². The van der Waals surface area contributed by atoms with Gasteiger partial charge < -0.3 is 0 Å². The van der Waals surface area contributed by atoms with Gasteiger partial charge in [0.1, 0.15) is 17.5 Å². The first kappa shape index (κ1) is 16.5. The van der Waals surface area contributed by atoms with Crippen LogP contribution in [0.2, 0.25) is 0 Å². The van der Waals surface area contributed by atoms with E-state index in [0.29, 0.717) is 17.6 Å². The Morgan fingerprint density at radius 1 is 1.08 bits per heavy atom. The topological polar surface area (TPSA) is 35.5 Å². The molecule has 0 aromatic heterocycles. The van der Waals surface area contributed by atoms with Crippen molar-refractivity contribution in [3.05, 3.63) is 12.2 Å². The van der Waals surface area contributed by atoms with Gasteiger partial charge in [0, 0.05) is 18.3 Å². The second kappa shape index (κ2) is 5.66. The summed E-state index contributed by atoms with van der Waals surface area (Å²) in [4.78, 5) is 23.7. The Balaban J connectivity index is 1.28. The Kier molecular flexibility index (Phi) is 3.74. The molecule has 6 fully saturated rings. The number of ketones is 1. The smallest absolute Gasteiger partial charge is 0.138 e. The number of fused-ring (bicyclic) bond motifs is 2. The lowest BCUT2D eigenvalue weighted by Gasteiger charge is -2.57. The van der Waals surface area contributed by atoms with Gasteiger partial charge in [-0.1, -0.05) is 19.1 Å². The van der Waals surface area contributed by atoms with Crippen LogP contribution in [0.5, 0.6) is 0 Å². The Bertz CT molecular complexity index is 559. The van der Waals surface area contributed by atoms with Crippen molar-refractivity contribution in [1.29, 1.82) is 0 Å². The molecule has 0 aromatic rings. The summed E-state index contributed by atoms with van der Waals surface area (Å²) < 4.78 is 0. The highest BCUT2D eigenvalue weighted by Crippen LogP contribution is 2.61. The summed E-state index contributed by atoms with van der Waals surface area (Å²) in [5.41, 5.74) is 0.130. The number of hydrogen-bond acceptors (Lipinski definition) is 3.